The zero-order valence-electron chi connectivity index (χ0n) is 10.8. The first-order valence-corrected chi connectivity index (χ1v) is 7.42. The highest BCUT2D eigenvalue weighted by atomic mass is 32.1. The van der Waals surface area contributed by atoms with Crippen molar-refractivity contribution in [2.24, 2.45) is 0 Å². The summed E-state index contributed by atoms with van der Waals surface area (Å²) in [6, 6.07) is 14.5. The van der Waals surface area contributed by atoms with Crippen molar-refractivity contribution in [3.63, 3.8) is 0 Å². The van der Waals surface area contributed by atoms with E-state index in [0.29, 0.717) is 13.2 Å². The third-order valence-electron chi connectivity index (χ3n) is 3.32. The summed E-state index contributed by atoms with van der Waals surface area (Å²) >= 11 is 1.66. The Kier molecular flexibility index (Phi) is 2.74. The van der Waals surface area contributed by atoms with Crippen LogP contribution < -0.4 is 9.47 Å². The fourth-order valence-corrected chi connectivity index (χ4v) is 3.37. The molecule has 3 heterocycles. The van der Waals surface area contributed by atoms with Crippen molar-refractivity contribution in [1.82, 2.24) is 4.57 Å². The topological polar surface area (TPSA) is 23.4 Å². The number of para-hydroxylation sites is 1. The lowest BCUT2D eigenvalue weighted by atomic mass is 10.2. The van der Waals surface area contributed by atoms with Crippen LogP contribution in [0, 0.1) is 0 Å². The maximum absolute atomic E-state index is 5.78. The van der Waals surface area contributed by atoms with Gasteiger partial charge in [0.2, 0.25) is 0 Å². The molecule has 0 saturated carbocycles. The molecule has 0 aliphatic carbocycles. The van der Waals surface area contributed by atoms with Gasteiger partial charge in [0, 0.05) is 17.3 Å². The number of fused-ring (bicyclic) bond motifs is 1. The number of hydrogen-bond donors (Lipinski definition) is 0. The minimum atomic E-state index is 0.614. The maximum atomic E-state index is 5.78. The first-order chi connectivity index (χ1) is 9.93. The van der Waals surface area contributed by atoms with Gasteiger partial charge in [0.25, 0.3) is 0 Å². The van der Waals surface area contributed by atoms with Crippen LogP contribution in [0.1, 0.15) is 0 Å². The van der Waals surface area contributed by atoms with Crippen LogP contribution in [0.15, 0.2) is 54.0 Å². The molecular formula is C16H13NO2S. The van der Waals surface area contributed by atoms with Gasteiger partial charge in [-0.2, -0.15) is 0 Å². The van der Waals surface area contributed by atoms with Crippen LogP contribution in [0.4, 0.5) is 0 Å². The van der Waals surface area contributed by atoms with E-state index in [0.717, 1.165) is 27.8 Å². The zero-order chi connectivity index (χ0) is 13.4. The number of benzene rings is 1. The molecule has 1 aliphatic rings. The van der Waals surface area contributed by atoms with E-state index in [4.69, 9.17) is 9.47 Å². The Balaban J connectivity index is 1.84. The number of hydrogen-bond acceptors (Lipinski definition) is 3. The van der Waals surface area contributed by atoms with Gasteiger partial charge in [0.05, 0.1) is 10.6 Å². The van der Waals surface area contributed by atoms with Gasteiger partial charge in [0.1, 0.15) is 13.2 Å². The summed E-state index contributed by atoms with van der Waals surface area (Å²) in [5.74, 6) is 1.73. The van der Waals surface area contributed by atoms with Gasteiger partial charge in [-0.05, 0) is 24.3 Å². The average molecular weight is 283 g/mol. The molecular weight excluding hydrogens is 270 g/mol. The van der Waals surface area contributed by atoms with E-state index in [-0.39, 0.29) is 0 Å². The van der Waals surface area contributed by atoms with E-state index in [9.17, 15) is 0 Å². The summed E-state index contributed by atoms with van der Waals surface area (Å²) < 4.78 is 13.6. The van der Waals surface area contributed by atoms with E-state index in [2.05, 4.69) is 35.0 Å². The third-order valence-corrected chi connectivity index (χ3v) is 4.28. The molecule has 0 N–H and O–H groups in total. The second-order valence-electron chi connectivity index (χ2n) is 4.55. The van der Waals surface area contributed by atoms with Gasteiger partial charge in [-0.3, -0.25) is 0 Å². The Hall–Kier alpha value is -2.20. The molecule has 0 atom stereocenters. The predicted octanol–water partition coefficient (Wildman–Crippen LogP) is 3.98. The molecule has 4 heteroatoms. The molecule has 2 aromatic heterocycles. The molecule has 100 valence electrons. The minimum Gasteiger partial charge on any atom is -0.485 e. The summed E-state index contributed by atoms with van der Waals surface area (Å²) in [4.78, 5) is 1.12. The van der Waals surface area contributed by atoms with Gasteiger partial charge in [0.15, 0.2) is 11.5 Å². The van der Waals surface area contributed by atoms with E-state index in [1.165, 1.54) is 0 Å². The van der Waals surface area contributed by atoms with Crippen LogP contribution in [0.2, 0.25) is 0 Å². The van der Waals surface area contributed by atoms with Crippen LogP contribution in [0.5, 0.6) is 11.5 Å². The number of nitrogens with zero attached hydrogens (tertiary/aromatic N) is 1. The molecule has 0 fully saturated rings. The van der Waals surface area contributed by atoms with Gasteiger partial charge in [-0.15, -0.1) is 11.3 Å². The molecule has 0 unspecified atom stereocenters. The van der Waals surface area contributed by atoms with Crippen LogP contribution in [0.3, 0.4) is 0 Å². The van der Waals surface area contributed by atoms with Crippen LogP contribution >= 0.6 is 11.3 Å². The largest absolute Gasteiger partial charge is 0.485 e. The number of thiophene rings is 1. The highest BCUT2D eigenvalue weighted by Crippen LogP contribution is 2.45. The molecule has 20 heavy (non-hydrogen) atoms. The van der Waals surface area contributed by atoms with Gasteiger partial charge >= 0.3 is 0 Å². The summed E-state index contributed by atoms with van der Waals surface area (Å²) in [5, 5.41) is 2.02. The summed E-state index contributed by atoms with van der Waals surface area (Å²) in [6.07, 6.45) is 2.07. The highest BCUT2D eigenvalue weighted by Gasteiger charge is 2.21. The Bertz CT molecular complexity index is 730. The highest BCUT2D eigenvalue weighted by molar-refractivity contribution is 7.14. The number of aromatic nitrogens is 1. The first kappa shape index (κ1) is 11.6. The molecule has 3 nitrogen and oxygen atoms in total. The normalized spacial score (nSPS) is 13.4. The van der Waals surface area contributed by atoms with Crippen molar-refractivity contribution in [2.75, 3.05) is 13.2 Å². The maximum Gasteiger partial charge on any atom is 0.181 e. The molecule has 3 aromatic rings. The number of ether oxygens (including phenoxy) is 2. The van der Waals surface area contributed by atoms with Crippen molar-refractivity contribution in [1.29, 1.82) is 0 Å². The standard InChI is InChI=1S/C16H13NO2S/c1-2-5-12(6-3-1)17-8-4-7-13(17)16-15-14(11-20-16)18-9-10-19-15/h1-8,11H,9-10H2. The van der Waals surface area contributed by atoms with Crippen LogP contribution in [0.25, 0.3) is 16.3 Å². The van der Waals surface area contributed by atoms with E-state index in [1.807, 2.05) is 23.6 Å². The van der Waals surface area contributed by atoms with Crippen molar-refractivity contribution >= 4 is 11.3 Å². The molecule has 0 radical (unpaired) electrons. The molecule has 0 bridgehead atoms. The lowest BCUT2D eigenvalue weighted by Gasteiger charge is -2.16. The Morgan fingerprint density at radius 2 is 1.80 bits per heavy atom. The monoisotopic (exact) mass is 283 g/mol. The predicted molar refractivity (Wildman–Crippen MR) is 80.1 cm³/mol. The summed E-state index contributed by atoms with van der Waals surface area (Å²) in [5.41, 5.74) is 2.28. The third kappa shape index (κ3) is 1.80. The summed E-state index contributed by atoms with van der Waals surface area (Å²) in [6.45, 7) is 1.24. The van der Waals surface area contributed by atoms with Gasteiger partial charge in [-0.1, -0.05) is 18.2 Å². The molecule has 4 rings (SSSR count). The smallest absolute Gasteiger partial charge is 0.181 e. The van der Waals surface area contributed by atoms with Crippen molar-refractivity contribution in [2.45, 2.75) is 0 Å². The van der Waals surface area contributed by atoms with Crippen molar-refractivity contribution in [3.05, 3.63) is 54.0 Å². The van der Waals surface area contributed by atoms with Gasteiger partial charge in [-0.25, -0.2) is 0 Å². The van der Waals surface area contributed by atoms with Crippen molar-refractivity contribution < 1.29 is 9.47 Å². The fraction of sp³-hybridized carbons (Fsp3) is 0.125. The lowest BCUT2D eigenvalue weighted by Crippen LogP contribution is -2.14. The Labute approximate surface area is 121 Å². The average Bonchev–Trinajstić information content (AvgIpc) is 3.14. The minimum absolute atomic E-state index is 0.614. The second kappa shape index (κ2) is 4.72. The fourth-order valence-electron chi connectivity index (χ4n) is 2.42. The Morgan fingerprint density at radius 1 is 0.950 bits per heavy atom. The molecule has 0 saturated heterocycles. The quantitative estimate of drug-likeness (QED) is 0.710. The first-order valence-electron chi connectivity index (χ1n) is 6.54. The van der Waals surface area contributed by atoms with E-state index < -0.39 is 0 Å². The molecule has 1 aliphatic heterocycles. The number of rotatable bonds is 2. The Morgan fingerprint density at radius 3 is 2.70 bits per heavy atom. The van der Waals surface area contributed by atoms with Crippen LogP contribution in [-0.4, -0.2) is 17.8 Å². The lowest BCUT2D eigenvalue weighted by molar-refractivity contribution is 0.174. The van der Waals surface area contributed by atoms with Crippen molar-refractivity contribution in [3.8, 4) is 27.8 Å². The second-order valence-corrected chi connectivity index (χ2v) is 5.43. The summed E-state index contributed by atoms with van der Waals surface area (Å²) in [7, 11) is 0. The van der Waals surface area contributed by atoms with Gasteiger partial charge < -0.3 is 14.0 Å². The zero-order valence-corrected chi connectivity index (χ0v) is 11.6. The SMILES string of the molecule is c1ccc(-n2cccc2-c2scc3c2OCCO3)cc1. The van der Waals surface area contributed by atoms with E-state index in [1.54, 1.807) is 11.3 Å². The molecule has 0 spiro atoms. The molecule has 1 aromatic carbocycles. The van der Waals surface area contributed by atoms with E-state index >= 15 is 0 Å². The van der Waals surface area contributed by atoms with Crippen LogP contribution in [-0.2, 0) is 0 Å². The molecule has 0 amide bonds.